The van der Waals surface area contributed by atoms with Crippen LogP contribution in [0.15, 0.2) is 11.4 Å². The van der Waals surface area contributed by atoms with Crippen LogP contribution in [-0.2, 0) is 16.1 Å². The van der Waals surface area contributed by atoms with Gasteiger partial charge in [-0.3, -0.25) is 4.79 Å². The molecule has 0 atom stereocenters. The number of aliphatic hydroxyl groups excluding tert-OH is 1. The van der Waals surface area contributed by atoms with E-state index in [-0.39, 0.29) is 18.4 Å². The summed E-state index contributed by atoms with van der Waals surface area (Å²) in [6.45, 7) is 1.70. The van der Waals surface area contributed by atoms with E-state index in [0.29, 0.717) is 19.8 Å². The highest BCUT2D eigenvalue weighted by Gasteiger charge is 2.21. The molecule has 0 aliphatic carbocycles. The van der Waals surface area contributed by atoms with Gasteiger partial charge in [0.1, 0.15) is 6.61 Å². The number of hydrogen-bond acceptors (Lipinski definition) is 4. The molecule has 1 aromatic rings. The number of ether oxygens (including phenoxy) is 1. The lowest BCUT2D eigenvalue weighted by molar-refractivity contribution is -0.128. The molecule has 0 spiro atoms. The van der Waals surface area contributed by atoms with Gasteiger partial charge in [-0.05, 0) is 24.3 Å². The fraction of sp³-hybridized carbons (Fsp3) is 0.500. The molecule has 0 unspecified atom stereocenters. The molecule has 5 heteroatoms. The average Bonchev–Trinajstić information content (AvgIpc) is 2.91. The Hall–Kier alpha value is -1.35. The van der Waals surface area contributed by atoms with Gasteiger partial charge < -0.3 is 15.2 Å². The maximum Gasteiger partial charge on any atom is 0.223 e. The summed E-state index contributed by atoms with van der Waals surface area (Å²) in [5, 5.41) is 13.6. The monoisotopic (exact) mass is 279 g/mol. The van der Waals surface area contributed by atoms with Crippen molar-refractivity contribution in [3.8, 4) is 11.8 Å². The third kappa shape index (κ3) is 4.06. The summed E-state index contributed by atoms with van der Waals surface area (Å²) in [6.07, 6.45) is 1.60. The van der Waals surface area contributed by atoms with Crippen LogP contribution < -0.4 is 5.32 Å². The molecule has 0 saturated carbocycles. The van der Waals surface area contributed by atoms with Crippen molar-refractivity contribution in [1.29, 1.82) is 0 Å². The van der Waals surface area contributed by atoms with E-state index in [2.05, 4.69) is 17.2 Å². The smallest absolute Gasteiger partial charge is 0.223 e. The highest BCUT2D eigenvalue weighted by atomic mass is 32.1. The molecule has 1 aliphatic heterocycles. The van der Waals surface area contributed by atoms with Crippen LogP contribution >= 0.6 is 11.3 Å². The van der Waals surface area contributed by atoms with Gasteiger partial charge in [0.25, 0.3) is 0 Å². The summed E-state index contributed by atoms with van der Waals surface area (Å²) >= 11 is 1.57. The maximum absolute atomic E-state index is 12.0. The fourth-order valence-electron chi connectivity index (χ4n) is 2.00. The summed E-state index contributed by atoms with van der Waals surface area (Å²) in [4.78, 5) is 13.0. The van der Waals surface area contributed by atoms with Crippen LogP contribution in [0.4, 0.5) is 0 Å². The Balaban J connectivity index is 1.88. The Labute approximate surface area is 116 Å². The van der Waals surface area contributed by atoms with Crippen molar-refractivity contribution >= 4 is 17.2 Å². The number of carbonyl (C=O) groups excluding carboxylic acids is 1. The number of hydrogen-bond donors (Lipinski definition) is 2. The van der Waals surface area contributed by atoms with Crippen molar-refractivity contribution in [2.75, 3.05) is 19.8 Å². The van der Waals surface area contributed by atoms with Crippen molar-refractivity contribution in [3.05, 3.63) is 21.9 Å². The van der Waals surface area contributed by atoms with E-state index in [4.69, 9.17) is 9.84 Å². The van der Waals surface area contributed by atoms with E-state index in [1.54, 1.807) is 11.3 Å². The Kier molecular flexibility index (Phi) is 5.40. The molecule has 2 heterocycles. The largest absolute Gasteiger partial charge is 0.384 e. The number of nitrogens with one attached hydrogen (secondary N) is 1. The third-order valence-corrected chi connectivity index (χ3v) is 3.98. The summed E-state index contributed by atoms with van der Waals surface area (Å²) in [6, 6.07) is 1.91. The Morgan fingerprint density at radius 2 is 2.32 bits per heavy atom. The topological polar surface area (TPSA) is 58.6 Å². The minimum Gasteiger partial charge on any atom is -0.384 e. The molecular weight excluding hydrogens is 262 g/mol. The van der Waals surface area contributed by atoms with Gasteiger partial charge in [0.15, 0.2) is 0 Å². The van der Waals surface area contributed by atoms with Crippen LogP contribution in [0.3, 0.4) is 0 Å². The van der Waals surface area contributed by atoms with Gasteiger partial charge in [0, 0.05) is 29.6 Å². The number of aliphatic hydroxyl groups is 1. The van der Waals surface area contributed by atoms with Crippen LogP contribution in [0.25, 0.3) is 0 Å². The molecule has 1 aromatic heterocycles. The molecule has 2 N–H and O–H groups in total. The number of thiophene rings is 1. The number of amides is 1. The first-order valence-electron chi connectivity index (χ1n) is 6.33. The van der Waals surface area contributed by atoms with E-state index in [0.717, 1.165) is 23.3 Å². The van der Waals surface area contributed by atoms with Crippen LogP contribution in [0.1, 0.15) is 23.3 Å². The van der Waals surface area contributed by atoms with Gasteiger partial charge in [-0.1, -0.05) is 11.8 Å². The molecule has 102 valence electrons. The highest BCUT2D eigenvalue weighted by Crippen LogP contribution is 2.17. The van der Waals surface area contributed by atoms with E-state index in [1.165, 1.54) is 0 Å². The fourth-order valence-corrected chi connectivity index (χ4v) is 2.77. The van der Waals surface area contributed by atoms with E-state index in [1.807, 2.05) is 11.4 Å². The van der Waals surface area contributed by atoms with Gasteiger partial charge in [0.05, 0.1) is 6.54 Å². The standard InChI is InChI=1S/C14H17NO3S/c16-6-1-2-11-5-9-19-13(11)10-15-14(17)12-3-7-18-8-4-12/h5,9,12,16H,3-4,6-8,10H2,(H,15,17). The third-order valence-electron chi connectivity index (χ3n) is 3.06. The first-order valence-corrected chi connectivity index (χ1v) is 7.21. The lowest BCUT2D eigenvalue weighted by Crippen LogP contribution is -2.33. The number of carbonyl (C=O) groups is 1. The van der Waals surface area contributed by atoms with Crippen LogP contribution in [0.5, 0.6) is 0 Å². The predicted octanol–water partition coefficient (Wildman–Crippen LogP) is 1.13. The Morgan fingerprint density at radius 3 is 3.05 bits per heavy atom. The number of rotatable bonds is 3. The van der Waals surface area contributed by atoms with Crippen molar-refractivity contribution in [3.63, 3.8) is 0 Å². The predicted molar refractivity (Wildman–Crippen MR) is 73.7 cm³/mol. The second-order valence-corrected chi connectivity index (χ2v) is 5.32. The minimum atomic E-state index is -0.149. The molecule has 2 rings (SSSR count). The van der Waals surface area contributed by atoms with Gasteiger partial charge in [-0.2, -0.15) is 0 Å². The van der Waals surface area contributed by atoms with Crippen molar-refractivity contribution < 1.29 is 14.6 Å². The molecule has 1 saturated heterocycles. The second kappa shape index (κ2) is 7.29. The maximum atomic E-state index is 12.0. The first-order chi connectivity index (χ1) is 9.31. The minimum absolute atomic E-state index is 0.0701. The summed E-state index contributed by atoms with van der Waals surface area (Å²) < 4.78 is 5.24. The molecule has 0 aromatic carbocycles. The summed E-state index contributed by atoms with van der Waals surface area (Å²) in [5.41, 5.74) is 0.881. The van der Waals surface area contributed by atoms with Crippen molar-refractivity contribution in [1.82, 2.24) is 5.32 Å². The molecule has 4 nitrogen and oxygen atoms in total. The molecule has 1 aliphatic rings. The van der Waals surface area contributed by atoms with Gasteiger partial charge in [-0.15, -0.1) is 11.3 Å². The normalized spacial score (nSPS) is 15.6. The molecule has 1 fully saturated rings. The summed E-state index contributed by atoms with van der Waals surface area (Å²) in [7, 11) is 0. The zero-order valence-corrected chi connectivity index (χ0v) is 11.5. The van der Waals surface area contributed by atoms with Crippen molar-refractivity contribution in [2.24, 2.45) is 5.92 Å². The zero-order valence-electron chi connectivity index (χ0n) is 10.6. The van der Waals surface area contributed by atoms with Crippen LogP contribution in [-0.4, -0.2) is 30.8 Å². The van der Waals surface area contributed by atoms with E-state index >= 15 is 0 Å². The Bertz CT molecular complexity index is 480. The molecule has 0 radical (unpaired) electrons. The van der Waals surface area contributed by atoms with E-state index in [9.17, 15) is 4.79 Å². The van der Waals surface area contributed by atoms with Gasteiger partial charge >= 0.3 is 0 Å². The quantitative estimate of drug-likeness (QED) is 0.816. The lowest BCUT2D eigenvalue weighted by Gasteiger charge is -2.21. The lowest BCUT2D eigenvalue weighted by atomic mass is 9.99. The van der Waals surface area contributed by atoms with E-state index < -0.39 is 0 Å². The zero-order chi connectivity index (χ0) is 13.5. The van der Waals surface area contributed by atoms with Crippen LogP contribution in [0.2, 0.25) is 0 Å². The van der Waals surface area contributed by atoms with Gasteiger partial charge in [0.2, 0.25) is 5.91 Å². The van der Waals surface area contributed by atoms with Crippen molar-refractivity contribution in [2.45, 2.75) is 19.4 Å². The second-order valence-electron chi connectivity index (χ2n) is 4.32. The average molecular weight is 279 g/mol. The highest BCUT2D eigenvalue weighted by molar-refractivity contribution is 7.10. The first kappa shape index (κ1) is 14.1. The summed E-state index contributed by atoms with van der Waals surface area (Å²) in [5.74, 6) is 5.68. The SMILES string of the molecule is O=C(NCc1sccc1C#CCO)C1CCOCC1. The molecule has 19 heavy (non-hydrogen) atoms. The molecular formula is C14H17NO3S. The van der Waals surface area contributed by atoms with Gasteiger partial charge in [-0.25, -0.2) is 0 Å². The molecule has 1 amide bonds. The van der Waals surface area contributed by atoms with Crippen LogP contribution in [0, 0.1) is 17.8 Å². The Morgan fingerprint density at radius 1 is 1.53 bits per heavy atom. The molecule has 0 bridgehead atoms.